The van der Waals surface area contributed by atoms with Gasteiger partial charge in [-0.3, -0.25) is 0 Å². The molecule has 1 saturated heterocycles. The molecule has 0 aromatic heterocycles. The largest absolute Gasteiger partial charge is 0.393 e. The van der Waals surface area contributed by atoms with E-state index in [2.05, 4.69) is 23.1 Å². The number of nitrogens with zero attached hydrogens (tertiary/aromatic N) is 2. The molecule has 1 N–H and O–H groups in total. The number of fused-ring (bicyclic) bond motifs is 2. The molecule has 0 spiro atoms. The maximum absolute atomic E-state index is 10.1. The molecule has 0 amide bonds. The van der Waals surface area contributed by atoms with E-state index in [9.17, 15) is 10.4 Å². The second-order valence-electron chi connectivity index (χ2n) is 6.26. The van der Waals surface area contributed by atoms with E-state index in [1.807, 2.05) is 24.3 Å². The maximum Gasteiger partial charge on any atom is 0.0998 e. The van der Waals surface area contributed by atoms with E-state index in [1.54, 1.807) is 0 Å². The van der Waals surface area contributed by atoms with Gasteiger partial charge in [0.1, 0.15) is 0 Å². The topological polar surface area (TPSA) is 47.3 Å². The van der Waals surface area contributed by atoms with Crippen LogP contribution in [0.4, 0.5) is 5.69 Å². The summed E-state index contributed by atoms with van der Waals surface area (Å²) in [7, 11) is 0. The molecule has 3 atom stereocenters. The average molecular weight is 278 g/mol. The number of aliphatic hydroxyl groups excluding tert-OH is 1. The molecular weight excluding hydrogens is 260 g/mol. The molecule has 2 fully saturated rings. The minimum absolute atomic E-state index is 0.135. The summed E-state index contributed by atoms with van der Waals surface area (Å²) >= 11 is 0. The van der Waals surface area contributed by atoms with Crippen molar-refractivity contribution in [2.24, 2.45) is 11.8 Å². The van der Waals surface area contributed by atoms with Crippen LogP contribution in [0.15, 0.2) is 36.4 Å². The summed E-state index contributed by atoms with van der Waals surface area (Å²) in [6.45, 7) is 1.96. The number of anilines is 1. The van der Waals surface area contributed by atoms with Gasteiger partial charge < -0.3 is 10.0 Å². The summed E-state index contributed by atoms with van der Waals surface area (Å²) in [6, 6.07) is 14.4. The lowest BCUT2D eigenvalue weighted by Crippen LogP contribution is -2.24. The molecule has 4 rings (SSSR count). The highest BCUT2D eigenvalue weighted by Crippen LogP contribution is 2.41. The second-order valence-corrected chi connectivity index (χ2v) is 6.26. The first kappa shape index (κ1) is 12.7. The van der Waals surface area contributed by atoms with Crippen LogP contribution in [0, 0.1) is 23.2 Å². The zero-order valence-corrected chi connectivity index (χ0v) is 11.9. The molecule has 3 heteroatoms. The quantitative estimate of drug-likeness (QED) is 0.872. The molecule has 1 aliphatic carbocycles. The Morgan fingerprint density at radius 2 is 1.86 bits per heavy atom. The van der Waals surface area contributed by atoms with Gasteiger partial charge in [0.05, 0.1) is 17.7 Å². The number of rotatable bonds is 1. The standard InChI is InChI=1S/C18H18N2O/c19-9-12-5-7-17(15-4-2-1-3-14(12)15)20-10-13-6-8-18(21)16(13)11-20/h1-5,7,13,16,18,21H,6,8,10-11H2. The van der Waals surface area contributed by atoms with Crippen LogP contribution in [0.5, 0.6) is 0 Å². The molecule has 2 aromatic carbocycles. The lowest BCUT2D eigenvalue weighted by atomic mass is 10.00. The van der Waals surface area contributed by atoms with Gasteiger partial charge in [-0.05, 0) is 30.9 Å². The van der Waals surface area contributed by atoms with Crippen molar-refractivity contribution < 1.29 is 5.11 Å². The molecule has 21 heavy (non-hydrogen) atoms. The Labute approximate surface area is 124 Å². The SMILES string of the molecule is N#Cc1ccc(N2CC3CCC(O)C3C2)c2ccccc12. The Hall–Kier alpha value is -2.05. The maximum atomic E-state index is 10.1. The van der Waals surface area contributed by atoms with Crippen LogP contribution >= 0.6 is 0 Å². The van der Waals surface area contributed by atoms with Gasteiger partial charge in [-0.15, -0.1) is 0 Å². The number of benzene rings is 2. The van der Waals surface area contributed by atoms with Crippen LogP contribution in [0.25, 0.3) is 10.8 Å². The van der Waals surface area contributed by atoms with Crippen LogP contribution in [-0.4, -0.2) is 24.3 Å². The fourth-order valence-corrected chi connectivity index (χ4v) is 4.09. The van der Waals surface area contributed by atoms with Crippen molar-refractivity contribution in [1.82, 2.24) is 0 Å². The van der Waals surface area contributed by atoms with E-state index in [4.69, 9.17) is 0 Å². The fraction of sp³-hybridized carbons (Fsp3) is 0.389. The van der Waals surface area contributed by atoms with Crippen molar-refractivity contribution in [2.45, 2.75) is 18.9 Å². The highest BCUT2D eigenvalue weighted by Gasteiger charge is 2.42. The van der Waals surface area contributed by atoms with E-state index in [-0.39, 0.29) is 6.10 Å². The van der Waals surface area contributed by atoms with E-state index in [0.717, 1.165) is 42.3 Å². The van der Waals surface area contributed by atoms with Crippen molar-refractivity contribution in [3.8, 4) is 6.07 Å². The van der Waals surface area contributed by atoms with Gasteiger partial charge in [0.2, 0.25) is 0 Å². The summed E-state index contributed by atoms with van der Waals surface area (Å²) < 4.78 is 0. The third-order valence-electron chi connectivity index (χ3n) is 5.18. The smallest absolute Gasteiger partial charge is 0.0998 e. The number of nitriles is 1. The lowest BCUT2D eigenvalue weighted by Gasteiger charge is -2.22. The molecule has 2 aromatic rings. The molecule has 0 radical (unpaired) electrons. The summed E-state index contributed by atoms with van der Waals surface area (Å²) in [5, 5.41) is 21.5. The van der Waals surface area contributed by atoms with Crippen LogP contribution in [0.1, 0.15) is 18.4 Å². The Morgan fingerprint density at radius 3 is 2.62 bits per heavy atom. The fourth-order valence-electron chi connectivity index (χ4n) is 4.09. The Bertz CT molecular complexity index is 734. The van der Waals surface area contributed by atoms with E-state index < -0.39 is 0 Å². The summed E-state index contributed by atoms with van der Waals surface area (Å²) in [5.41, 5.74) is 1.93. The molecular formula is C18H18N2O. The summed E-state index contributed by atoms with van der Waals surface area (Å²) in [5.74, 6) is 1.04. The van der Waals surface area contributed by atoms with Crippen LogP contribution in [0.2, 0.25) is 0 Å². The molecule has 1 saturated carbocycles. The Balaban J connectivity index is 1.77. The molecule has 106 valence electrons. The zero-order valence-electron chi connectivity index (χ0n) is 11.9. The second kappa shape index (κ2) is 4.75. The van der Waals surface area contributed by atoms with Gasteiger partial charge in [-0.1, -0.05) is 24.3 Å². The first-order chi connectivity index (χ1) is 10.3. The predicted molar refractivity (Wildman–Crippen MR) is 83.1 cm³/mol. The first-order valence-corrected chi connectivity index (χ1v) is 7.63. The van der Waals surface area contributed by atoms with Crippen LogP contribution in [0.3, 0.4) is 0 Å². The third-order valence-corrected chi connectivity index (χ3v) is 5.18. The molecule has 0 bridgehead atoms. The van der Waals surface area contributed by atoms with Gasteiger partial charge >= 0.3 is 0 Å². The monoisotopic (exact) mass is 278 g/mol. The van der Waals surface area contributed by atoms with E-state index in [0.29, 0.717) is 11.8 Å². The van der Waals surface area contributed by atoms with E-state index >= 15 is 0 Å². The molecule has 3 unspecified atom stereocenters. The number of hydrogen-bond donors (Lipinski definition) is 1. The van der Waals surface area contributed by atoms with Crippen molar-refractivity contribution >= 4 is 16.5 Å². The average Bonchev–Trinajstić information content (AvgIpc) is 3.08. The minimum Gasteiger partial charge on any atom is -0.393 e. The summed E-state index contributed by atoms with van der Waals surface area (Å²) in [6.07, 6.45) is 1.96. The van der Waals surface area contributed by atoms with Gasteiger partial charge in [-0.25, -0.2) is 0 Å². The van der Waals surface area contributed by atoms with Gasteiger partial charge in [0.15, 0.2) is 0 Å². The Kier molecular flexibility index (Phi) is 2.87. The van der Waals surface area contributed by atoms with Gasteiger partial charge in [0, 0.05) is 35.5 Å². The molecule has 1 aliphatic heterocycles. The minimum atomic E-state index is -0.135. The van der Waals surface area contributed by atoms with Crippen molar-refractivity contribution in [1.29, 1.82) is 5.26 Å². The summed E-state index contributed by atoms with van der Waals surface area (Å²) in [4.78, 5) is 2.39. The van der Waals surface area contributed by atoms with Crippen LogP contribution < -0.4 is 4.90 Å². The lowest BCUT2D eigenvalue weighted by molar-refractivity contribution is 0.133. The normalized spacial score (nSPS) is 27.8. The first-order valence-electron chi connectivity index (χ1n) is 7.63. The van der Waals surface area contributed by atoms with Crippen molar-refractivity contribution in [3.63, 3.8) is 0 Å². The number of hydrogen-bond acceptors (Lipinski definition) is 3. The van der Waals surface area contributed by atoms with Gasteiger partial charge in [0.25, 0.3) is 0 Å². The predicted octanol–water partition coefficient (Wildman–Crippen LogP) is 2.92. The van der Waals surface area contributed by atoms with Crippen LogP contribution in [-0.2, 0) is 0 Å². The highest BCUT2D eigenvalue weighted by molar-refractivity contribution is 5.97. The van der Waals surface area contributed by atoms with Gasteiger partial charge in [-0.2, -0.15) is 5.26 Å². The molecule has 2 aliphatic rings. The van der Waals surface area contributed by atoms with E-state index in [1.165, 1.54) is 5.69 Å². The Morgan fingerprint density at radius 1 is 1.05 bits per heavy atom. The highest BCUT2D eigenvalue weighted by atomic mass is 16.3. The number of aliphatic hydroxyl groups is 1. The third kappa shape index (κ3) is 1.91. The van der Waals surface area contributed by atoms with Crippen molar-refractivity contribution in [3.05, 3.63) is 42.0 Å². The zero-order chi connectivity index (χ0) is 14.4. The molecule has 1 heterocycles. The van der Waals surface area contributed by atoms with Crippen molar-refractivity contribution in [2.75, 3.05) is 18.0 Å². The molecule has 3 nitrogen and oxygen atoms in total.